The second kappa shape index (κ2) is 6.05. The van der Waals surface area contributed by atoms with Crippen molar-refractivity contribution in [2.45, 2.75) is 25.2 Å². The van der Waals surface area contributed by atoms with Gasteiger partial charge in [-0.15, -0.1) is 0 Å². The number of fused-ring (bicyclic) bond motifs is 1. The van der Waals surface area contributed by atoms with Crippen molar-refractivity contribution in [1.29, 1.82) is 0 Å². The molecule has 6 nitrogen and oxygen atoms in total. The summed E-state index contributed by atoms with van der Waals surface area (Å²) in [5.41, 5.74) is 8.78. The van der Waals surface area contributed by atoms with Gasteiger partial charge in [-0.05, 0) is 30.5 Å². The first-order valence-corrected chi connectivity index (χ1v) is 8.18. The first-order valence-electron chi connectivity index (χ1n) is 7.80. The van der Waals surface area contributed by atoms with Crippen LogP contribution in [-0.2, 0) is 4.74 Å². The number of halogens is 1. The number of aliphatic hydroxyl groups is 1. The highest BCUT2D eigenvalue weighted by Crippen LogP contribution is 2.38. The van der Waals surface area contributed by atoms with Gasteiger partial charge < -0.3 is 20.1 Å². The topological polar surface area (TPSA) is 86.2 Å². The van der Waals surface area contributed by atoms with Gasteiger partial charge in [0.05, 0.1) is 18.1 Å². The van der Waals surface area contributed by atoms with Crippen molar-refractivity contribution in [2.75, 3.05) is 12.3 Å². The molecule has 3 N–H and O–H groups in total. The minimum atomic E-state index is -0.167. The Morgan fingerprint density at radius 3 is 2.75 bits per heavy atom. The zero-order chi connectivity index (χ0) is 16.7. The minimum Gasteiger partial charge on any atom is -0.394 e. The largest absolute Gasteiger partial charge is 0.394 e. The van der Waals surface area contributed by atoms with Gasteiger partial charge in [-0.1, -0.05) is 23.7 Å². The van der Waals surface area contributed by atoms with Crippen LogP contribution in [0, 0.1) is 0 Å². The maximum Gasteiger partial charge on any atom is 0.148 e. The van der Waals surface area contributed by atoms with E-state index in [4.69, 9.17) is 22.1 Å². The normalized spacial score (nSPS) is 20.8. The predicted molar refractivity (Wildman–Crippen MR) is 92.6 cm³/mol. The molecule has 3 heterocycles. The van der Waals surface area contributed by atoms with E-state index in [1.165, 1.54) is 6.33 Å². The molecule has 24 heavy (non-hydrogen) atoms. The Morgan fingerprint density at radius 1 is 1.25 bits per heavy atom. The molecule has 0 saturated carbocycles. The van der Waals surface area contributed by atoms with Crippen LogP contribution >= 0.6 is 11.6 Å². The maximum absolute atomic E-state index is 9.30. The maximum atomic E-state index is 9.30. The molecule has 3 aromatic rings. The summed E-state index contributed by atoms with van der Waals surface area (Å²) >= 11 is 5.99. The van der Waals surface area contributed by atoms with Crippen LogP contribution < -0.4 is 5.73 Å². The molecule has 0 radical (unpaired) electrons. The summed E-state index contributed by atoms with van der Waals surface area (Å²) in [5, 5.41) is 10.8. The molecule has 0 amide bonds. The van der Waals surface area contributed by atoms with Gasteiger partial charge in [-0.3, -0.25) is 0 Å². The molecule has 1 aliphatic heterocycles. The van der Waals surface area contributed by atoms with Gasteiger partial charge in [0, 0.05) is 16.8 Å². The fourth-order valence-corrected chi connectivity index (χ4v) is 3.33. The van der Waals surface area contributed by atoms with Crippen LogP contribution in [0.3, 0.4) is 0 Å². The quantitative estimate of drug-likeness (QED) is 0.762. The molecule has 2 unspecified atom stereocenters. The average molecular weight is 345 g/mol. The van der Waals surface area contributed by atoms with Crippen molar-refractivity contribution in [1.82, 2.24) is 14.5 Å². The SMILES string of the molecule is Nc1ncnc2c1c(-c1ccc(Cl)cc1)cn2C1CCC(CO)O1. The van der Waals surface area contributed by atoms with E-state index in [0.717, 1.165) is 35.0 Å². The van der Waals surface area contributed by atoms with Crippen molar-refractivity contribution < 1.29 is 9.84 Å². The summed E-state index contributed by atoms with van der Waals surface area (Å²) < 4.78 is 7.88. The third kappa shape index (κ3) is 2.53. The Morgan fingerprint density at radius 2 is 2.04 bits per heavy atom. The first kappa shape index (κ1) is 15.4. The summed E-state index contributed by atoms with van der Waals surface area (Å²) in [5.74, 6) is 0.431. The molecule has 1 saturated heterocycles. The Kier molecular flexibility index (Phi) is 3.88. The van der Waals surface area contributed by atoms with Gasteiger partial charge in [0.1, 0.15) is 24.0 Å². The van der Waals surface area contributed by atoms with E-state index < -0.39 is 0 Å². The second-order valence-electron chi connectivity index (χ2n) is 5.89. The van der Waals surface area contributed by atoms with Gasteiger partial charge in [-0.2, -0.15) is 0 Å². The minimum absolute atomic E-state index is 0.0247. The van der Waals surface area contributed by atoms with Crippen LogP contribution in [0.4, 0.5) is 5.82 Å². The van der Waals surface area contributed by atoms with Gasteiger partial charge in [0.2, 0.25) is 0 Å². The van der Waals surface area contributed by atoms with Crippen molar-refractivity contribution in [3.05, 3.63) is 41.8 Å². The molecule has 0 spiro atoms. The molecule has 1 aromatic carbocycles. The number of anilines is 1. The van der Waals surface area contributed by atoms with Gasteiger partial charge in [0.15, 0.2) is 0 Å². The van der Waals surface area contributed by atoms with Crippen LogP contribution in [0.25, 0.3) is 22.2 Å². The van der Waals surface area contributed by atoms with E-state index in [1.807, 2.05) is 35.0 Å². The van der Waals surface area contributed by atoms with Crippen LogP contribution in [0.1, 0.15) is 19.1 Å². The average Bonchev–Trinajstić information content (AvgIpc) is 3.20. The Labute approximate surface area is 143 Å². The third-order valence-corrected chi connectivity index (χ3v) is 4.64. The Bertz CT molecular complexity index is 878. The van der Waals surface area contributed by atoms with Crippen molar-refractivity contribution in [2.24, 2.45) is 0 Å². The lowest BCUT2D eigenvalue weighted by Crippen LogP contribution is -2.14. The number of nitrogens with two attached hydrogens (primary N) is 1. The number of hydrogen-bond donors (Lipinski definition) is 2. The number of benzene rings is 1. The lowest BCUT2D eigenvalue weighted by Gasteiger charge is -2.14. The molecular weight excluding hydrogens is 328 g/mol. The van der Waals surface area contributed by atoms with Crippen LogP contribution in [0.2, 0.25) is 5.02 Å². The van der Waals surface area contributed by atoms with E-state index in [-0.39, 0.29) is 18.9 Å². The third-order valence-electron chi connectivity index (χ3n) is 4.39. The number of aliphatic hydroxyl groups excluding tert-OH is 1. The number of ether oxygens (including phenoxy) is 1. The molecule has 2 atom stereocenters. The lowest BCUT2D eigenvalue weighted by atomic mass is 10.1. The molecule has 124 valence electrons. The first-order chi connectivity index (χ1) is 11.7. The van der Waals surface area contributed by atoms with E-state index >= 15 is 0 Å². The number of aromatic nitrogens is 3. The summed E-state index contributed by atoms with van der Waals surface area (Å²) in [6, 6.07) is 7.57. The highest BCUT2D eigenvalue weighted by Gasteiger charge is 2.28. The van der Waals surface area contributed by atoms with Gasteiger partial charge in [-0.25, -0.2) is 9.97 Å². The molecule has 1 fully saturated rings. The fourth-order valence-electron chi connectivity index (χ4n) is 3.20. The number of nitrogens with zero attached hydrogens (tertiary/aromatic N) is 3. The number of rotatable bonds is 3. The molecule has 7 heteroatoms. The number of nitrogen functional groups attached to an aromatic ring is 1. The highest BCUT2D eigenvalue weighted by atomic mass is 35.5. The zero-order valence-electron chi connectivity index (χ0n) is 12.9. The summed E-state index contributed by atoms with van der Waals surface area (Å²) in [7, 11) is 0. The Balaban J connectivity index is 1.87. The van der Waals surface area contributed by atoms with E-state index in [1.54, 1.807) is 0 Å². The summed E-state index contributed by atoms with van der Waals surface area (Å²) in [6.07, 6.45) is 4.78. The second-order valence-corrected chi connectivity index (χ2v) is 6.32. The van der Waals surface area contributed by atoms with Crippen LogP contribution in [-0.4, -0.2) is 32.4 Å². The van der Waals surface area contributed by atoms with Crippen molar-refractivity contribution in [3.63, 3.8) is 0 Å². The highest BCUT2D eigenvalue weighted by molar-refractivity contribution is 6.30. The lowest BCUT2D eigenvalue weighted by molar-refractivity contribution is -0.0204. The summed E-state index contributed by atoms with van der Waals surface area (Å²) in [6.45, 7) is 0.0247. The summed E-state index contributed by atoms with van der Waals surface area (Å²) in [4.78, 5) is 8.53. The van der Waals surface area contributed by atoms with Gasteiger partial charge in [0.25, 0.3) is 0 Å². The molecular formula is C17H17ClN4O2. The monoisotopic (exact) mass is 344 g/mol. The zero-order valence-corrected chi connectivity index (χ0v) is 13.6. The molecule has 0 bridgehead atoms. The smallest absolute Gasteiger partial charge is 0.148 e. The van der Waals surface area contributed by atoms with E-state index in [9.17, 15) is 5.11 Å². The van der Waals surface area contributed by atoms with E-state index in [0.29, 0.717) is 10.8 Å². The van der Waals surface area contributed by atoms with Crippen molar-refractivity contribution >= 4 is 28.5 Å². The van der Waals surface area contributed by atoms with Crippen LogP contribution in [0.5, 0.6) is 0 Å². The van der Waals surface area contributed by atoms with Crippen molar-refractivity contribution in [3.8, 4) is 11.1 Å². The molecule has 2 aromatic heterocycles. The molecule has 0 aliphatic carbocycles. The number of hydrogen-bond acceptors (Lipinski definition) is 5. The molecule has 1 aliphatic rings. The predicted octanol–water partition coefficient (Wildman–Crippen LogP) is 3.00. The Hall–Kier alpha value is -2.15. The fraction of sp³-hybridized carbons (Fsp3) is 0.294. The standard InChI is InChI=1S/C17H17ClN4O2/c18-11-3-1-10(2-4-11)13-7-22(14-6-5-12(8-23)24-14)17-15(13)16(19)20-9-21-17/h1-4,7,9,12,14,23H,5-6,8H2,(H2,19,20,21). The van der Waals surface area contributed by atoms with Gasteiger partial charge >= 0.3 is 0 Å². The molecule has 4 rings (SSSR count). The van der Waals surface area contributed by atoms with E-state index in [2.05, 4.69) is 9.97 Å². The van der Waals surface area contributed by atoms with Crippen LogP contribution in [0.15, 0.2) is 36.8 Å².